The molecule has 2 N–H and O–H groups in total. The third-order valence-corrected chi connectivity index (χ3v) is 9.99. The van der Waals surface area contributed by atoms with Crippen LogP contribution in [-0.2, 0) is 24.8 Å². The fourth-order valence-corrected chi connectivity index (χ4v) is 6.79. The van der Waals surface area contributed by atoms with Gasteiger partial charge in [-0.3, -0.25) is 13.8 Å². The Kier molecular flexibility index (Phi) is 8.77. The van der Waals surface area contributed by atoms with Gasteiger partial charge < -0.3 is 5.32 Å². The summed E-state index contributed by atoms with van der Waals surface area (Å²) in [6.45, 7) is 6.84. The molecule has 0 spiro atoms. The number of halogens is 1. The van der Waals surface area contributed by atoms with Crippen LogP contribution >= 0.6 is 11.6 Å². The lowest BCUT2D eigenvalue weighted by atomic mass is 10.1. The maximum absolute atomic E-state index is 13.6. The zero-order chi connectivity index (χ0) is 29.9. The normalized spacial score (nSPS) is 11.6. The van der Waals surface area contributed by atoms with Crippen molar-refractivity contribution in [2.24, 2.45) is 0 Å². The van der Waals surface area contributed by atoms with Crippen molar-refractivity contribution in [3.05, 3.63) is 112 Å². The number of amides is 1. The molecule has 0 aliphatic carbocycles. The Hall–Kier alpha value is -3.86. The van der Waals surface area contributed by atoms with Gasteiger partial charge in [0.25, 0.3) is 20.0 Å². The van der Waals surface area contributed by atoms with Gasteiger partial charge in [0.1, 0.15) is 6.54 Å². The van der Waals surface area contributed by atoms with Crippen LogP contribution in [0.4, 0.5) is 17.1 Å². The number of hydrogen-bond donors (Lipinski definition) is 2. The molecule has 41 heavy (non-hydrogen) atoms. The zero-order valence-corrected chi connectivity index (χ0v) is 25.4. The molecule has 0 fully saturated rings. The van der Waals surface area contributed by atoms with Crippen LogP contribution < -0.4 is 14.3 Å². The molecule has 4 aromatic carbocycles. The number of rotatable bonds is 9. The third kappa shape index (κ3) is 7.08. The number of carbonyl (C=O) groups excluding carboxylic acids is 1. The summed E-state index contributed by atoms with van der Waals surface area (Å²) in [5.41, 5.74) is 4.46. The number of aryl methyl sites for hydroxylation is 4. The van der Waals surface area contributed by atoms with Crippen LogP contribution in [-0.4, -0.2) is 29.3 Å². The zero-order valence-electron chi connectivity index (χ0n) is 23.0. The van der Waals surface area contributed by atoms with Crippen LogP contribution in [0.25, 0.3) is 0 Å². The fourth-order valence-electron chi connectivity index (χ4n) is 4.07. The first-order chi connectivity index (χ1) is 19.3. The molecule has 0 aromatic heterocycles. The molecule has 0 atom stereocenters. The predicted molar refractivity (Wildman–Crippen MR) is 164 cm³/mol. The van der Waals surface area contributed by atoms with E-state index in [0.29, 0.717) is 16.4 Å². The first-order valence-corrected chi connectivity index (χ1v) is 15.9. The first kappa shape index (κ1) is 30.1. The largest absolute Gasteiger partial charge is 0.325 e. The second kappa shape index (κ2) is 11.9. The molecule has 0 bridgehead atoms. The second-order valence-electron chi connectivity index (χ2n) is 9.75. The van der Waals surface area contributed by atoms with E-state index in [4.69, 9.17) is 11.6 Å². The lowest BCUT2D eigenvalue weighted by Gasteiger charge is -2.24. The minimum Gasteiger partial charge on any atom is -0.325 e. The van der Waals surface area contributed by atoms with Crippen LogP contribution in [0.15, 0.2) is 94.7 Å². The quantitative estimate of drug-likeness (QED) is 0.234. The molecule has 0 unspecified atom stereocenters. The number of anilines is 3. The number of sulfonamides is 2. The van der Waals surface area contributed by atoms with E-state index in [0.717, 1.165) is 26.6 Å². The van der Waals surface area contributed by atoms with Crippen molar-refractivity contribution < 1.29 is 21.6 Å². The summed E-state index contributed by atoms with van der Waals surface area (Å²) >= 11 is 6.28. The summed E-state index contributed by atoms with van der Waals surface area (Å²) in [7, 11) is -8.00. The fraction of sp³-hybridized carbons (Fsp3) is 0.167. The van der Waals surface area contributed by atoms with E-state index in [1.54, 1.807) is 37.3 Å². The van der Waals surface area contributed by atoms with Crippen molar-refractivity contribution in [3.63, 3.8) is 0 Å². The van der Waals surface area contributed by atoms with Gasteiger partial charge in [-0.25, -0.2) is 16.8 Å². The van der Waals surface area contributed by atoms with E-state index in [1.807, 2.05) is 32.9 Å². The molecule has 0 saturated carbocycles. The molecule has 4 aromatic rings. The van der Waals surface area contributed by atoms with Gasteiger partial charge in [0.2, 0.25) is 5.91 Å². The van der Waals surface area contributed by atoms with E-state index in [-0.39, 0.29) is 15.5 Å². The molecule has 214 valence electrons. The third-order valence-electron chi connectivity index (χ3n) is 6.41. The van der Waals surface area contributed by atoms with Crippen molar-refractivity contribution >= 4 is 54.6 Å². The highest BCUT2D eigenvalue weighted by molar-refractivity contribution is 7.93. The van der Waals surface area contributed by atoms with Gasteiger partial charge in [-0.05, 0) is 93.4 Å². The van der Waals surface area contributed by atoms with Gasteiger partial charge in [-0.15, -0.1) is 0 Å². The number of hydrogen-bond acceptors (Lipinski definition) is 5. The average molecular weight is 612 g/mol. The van der Waals surface area contributed by atoms with Crippen LogP contribution in [0.2, 0.25) is 5.02 Å². The Morgan fingerprint density at radius 1 is 0.732 bits per heavy atom. The summed E-state index contributed by atoms with van der Waals surface area (Å²) in [4.78, 5) is 13.1. The molecule has 0 heterocycles. The van der Waals surface area contributed by atoms with Gasteiger partial charge in [0, 0.05) is 10.7 Å². The van der Waals surface area contributed by atoms with Crippen molar-refractivity contribution in [1.82, 2.24) is 0 Å². The van der Waals surface area contributed by atoms with Gasteiger partial charge in [0.15, 0.2) is 0 Å². The van der Waals surface area contributed by atoms with E-state index >= 15 is 0 Å². The highest BCUT2D eigenvalue weighted by Gasteiger charge is 2.28. The molecular formula is C30H30ClN3O5S2. The summed E-state index contributed by atoms with van der Waals surface area (Å²) in [5, 5.41) is 3.01. The lowest BCUT2D eigenvalue weighted by Crippen LogP contribution is -2.38. The predicted octanol–water partition coefficient (Wildman–Crippen LogP) is 6.21. The van der Waals surface area contributed by atoms with E-state index in [9.17, 15) is 21.6 Å². The minimum absolute atomic E-state index is 0.00773. The molecule has 4 rings (SSSR count). The Balaban J connectivity index is 1.55. The van der Waals surface area contributed by atoms with Gasteiger partial charge >= 0.3 is 0 Å². The highest BCUT2D eigenvalue weighted by Crippen LogP contribution is 2.28. The molecule has 0 aliphatic rings. The van der Waals surface area contributed by atoms with E-state index < -0.39 is 32.5 Å². The number of carbonyl (C=O) groups is 1. The van der Waals surface area contributed by atoms with Crippen LogP contribution in [0, 0.1) is 27.7 Å². The SMILES string of the molecule is Cc1ccc(S(=O)(=O)N(CC(=O)Nc2ccc(S(=O)(=O)Nc3ccc(C)cc3C)cc2)c2ccc(C)c(Cl)c2)cc1. The van der Waals surface area contributed by atoms with Crippen molar-refractivity contribution in [2.75, 3.05) is 20.9 Å². The number of benzene rings is 4. The topological polar surface area (TPSA) is 113 Å². The summed E-state index contributed by atoms with van der Waals surface area (Å²) in [5.74, 6) is -0.624. The summed E-state index contributed by atoms with van der Waals surface area (Å²) in [6, 6.07) is 22.1. The Morgan fingerprint density at radius 2 is 1.34 bits per heavy atom. The maximum atomic E-state index is 13.6. The van der Waals surface area contributed by atoms with Crippen molar-refractivity contribution in [1.29, 1.82) is 0 Å². The Bertz CT molecular complexity index is 1810. The first-order valence-electron chi connectivity index (χ1n) is 12.6. The minimum atomic E-state index is -4.12. The monoisotopic (exact) mass is 611 g/mol. The van der Waals surface area contributed by atoms with Crippen LogP contribution in [0.1, 0.15) is 22.3 Å². The molecule has 0 radical (unpaired) electrons. The van der Waals surface area contributed by atoms with Crippen LogP contribution in [0.3, 0.4) is 0 Å². The van der Waals surface area contributed by atoms with Gasteiger partial charge in [-0.2, -0.15) is 0 Å². The maximum Gasteiger partial charge on any atom is 0.264 e. The van der Waals surface area contributed by atoms with E-state index in [2.05, 4.69) is 10.0 Å². The standard InChI is InChI=1S/C30H30ClN3O5S2/c1-20-5-12-27(13-6-20)41(38,39)34(25-11-8-22(3)28(31)18-25)19-30(35)32-24-9-14-26(15-10-24)40(36,37)33-29-16-7-21(2)17-23(29)4/h5-18,33H,19H2,1-4H3,(H,32,35). The van der Waals surface area contributed by atoms with Gasteiger partial charge in [0.05, 0.1) is 21.2 Å². The Morgan fingerprint density at radius 3 is 1.95 bits per heavy atom. The Labute approximate surface area is 246 Å². The smallest absolute Gasteiger partial charge is 0.264 e. The van der Waals surface area contributed by atoms with Crippen molar-refractivity contribution in [2.45, 2.75) is 37.5 Å². The van der Waals surface area contributed by atoms with Crippen LogP contribution in [0.5, 0.6) is 0 Å². The molecule has 0 saturated heterocycles. The van der Waals surface area contributed by atoms with E-state index in [1.165, 1.54) is 42.5 Å². The molecular weight excluding hydrogens is 582 g/mol. The second-order valence-corrected chi connectivity index (χ2v) is 13.7. The number of nitrogens with zero attached hydrogens (tertiary/aromatic N) is 1. The molecule has 1 amide bonds. The summed E-state index contributed by atoms with van der Waals surface area (Å²) < 4.78 is 56.6. The average Bonchev–Trinajstić information content (AvgIpc) is 2.91. The van der Waals surface area contributed by atoms with Crippen molar-refractivity contribution in [3.8, 4) is 0 Å². The highest BCUT2D eigenvalue weighted by atomic mass is 35.5. The molecule has 0 aliphatic heterocycles. The lowest BCUT2D eigenvalue weighted by molar-refractivity contribution is -0.114. The number of nitrogens with one attached hydrogen (secondary N) is 2. The van der Waals surface area contributed by atoms with Gasteiger partial charge in [-0.1, -0.05) is 53.1 Å². The summed E-state index contributed by atoms with van der Waals surface area (Å²) in [6.07, 6.45) is 0. The molecule has 8 nitrogen and oxygen atoms in total. The molecule has 11 heteroatoms.